The molecule has 1 aromatic rings. The van der Waals surface area contributed by atoms with Crippen LogP contribution in [0.2, 0.25) is 0 Å². The van der Waals surface area contributed by atoms with E-state index in [2.05, 4.69) is 31.6 Å². The van der Waals surface area contributed by atoms with E-state index in [1.54, 1.807) is 6.92 Å². The molecule has 4 heteroatoms. The Bertz CT molecular complexity index is 366. The second kappa shape index (κ2) is 5.68. The molecule has 2 N–H and O–H groups in total. The molecule has 0 bridgehead atoms. The van der Waals surface area contributed by atoms with Gasteiger partial charge >= 0.3 is 6.03 Å². The number of rotatable bonds is 3. The molecule has 4 nitrogen and oxygen atoms in total. The maximum absolute atomic E-state index is 11.3. The van der Waals surface area contributed by atoms with Gasteiger partial charge in [0.2, 0.25) is 0 Å². The van der Waals surface area contributed by atoms with Gasteiger partial charge in [-0.3, -0.25) is 4.84 Å². The molecule has 0 aliphatic heterocycles. The molecular weight excluding hydrogens is 216 g/mol. The number of carbonyl (C=O) groups excluding carboxylic acids is 1. The van der Waals surface area contributed by atoms with Gasteiger partial charge in [0.25, 0.3) is 0 Å². The molecule has 0 saturated heterocycles. The first-order chi connectivity index (χ1) is 7.93. The van der Waals surface area contributed by atoms with Crippen LogP contribution in [0.25, 0.3) is 0 Å². The summed E-state index contributed by atoms with van der Waals surface area (Å²) in [5.74, 6) is 0. The standard InChI is InChI=1S/C13H20N2O2/c1-5-17-15-12(16)14-11-8-6-10(7-9-11)13(2,3)4/h6-9H,5H2,1-4H3,(H2,14,15,16). The number of nitrogens with one attached hydrogen (secondary N) is 2. The van der Waals surface area contributed by atoms with Gasteiger partial charge in [-0.1, -0.05) is 32.9 Å². The molecule has 0 saturated carbocycles. The summed E-state index contributed by atoms with van der Waals surface area (Å²) in [7, 11) is 0. The average molecular weight is 236 g/mol. The third-order valence-corrected chi connectivity index (χ3v) is 2.32. The first kappa shape index (κ1) is 13.5. The number of benzene rings is 1. The summed E-state index contributed by atoms with van der Waals surface area (Å²) in [6, 6.07) is 7.42. The fourth-order valence-electron chi connectivity index (χ4n) is 1.35. The molecule has 94 valence electrons. The molecule has 0 aliphatic carbocycles. The number of hydrogen-bond donors (Lipinski definition) is 2. The van der Waals surface area contributed by atoms with E-state index in [-0.39, 0.29) is 11.4 Å². The normalized spacial score (nSPS) is 11.1. The first-order valence-electron chi connectivity index (χ1n) is 5.73. The Morgan fingerprint density at radius 2 is 1.82 bits per heavy atom. The van der Waals surface area contributed by atoms with E-state index in [9.17, 15) is 4.79 Å². The number of hydrogen-bond acceptors (Lipinski definition) is 2. The van der Waals surface area contributed by atoms with E-state index in [0.29, 0.717) is 6.61 Å². The lowest BCUT2D eigenvalue weighted by Gasteiger charge is -2.19. The van der Waals surface area contributed by atoms with E-state index < -0.39 is 0 Å². The predicted molar refractivity (Wildman–Crippen MR) is 68.9 cm³/mol. The minimum atomic E-state index is -0.365. The minimum absolute atomic E-state index is 0.117. The van der Waals surface area contributed by atoms with Crippen molar-refractivity contribution in [1.29, 1.82) is 0 Å². The van der Waals surface area contributed by atoms with E-state index in [1.165, 1.54) is 5.56 Å². The molecule has 0 heterocycles. The fraction of sp³-hybridized carbons (Fsp3) is 0.462. The monoisotopic (exact) mass is 236 g/mol. The van der Waals surface area contributed by atoms with E-state index >= 15 is 0 Å². The number of anilines is 1. The van der Waals surface area contributed by atoms with Gasteiger partial charge in [-0.25, -0.2) is 10.3 Å². The molecule has 2 amide bonds. The van der Waals surface area contributed by atoms with Gasteiger partial charge in [0.05, 0.1) is 6.61 Å². The maximum atomic E-state index is 11.3. The third kappa shape index (κ3) is 4.44. The Kier molecular flexibility index (Phi) is 4.52. The molecule has 0 aromatic heterocycles. The largest absolute Gasteiger partial charge is 0.343 e. The Morgan fingerprint density at radius 3 is 2.29 bits per heavy atom. The van der Waals surface area contributed by atoms with Crippen LogP contribution in [0.5, 0.6) is 0 Å². The molecule has 1 aromatic carbocycles. The fourth-order valence-corrected chi connectivity index (χ4v) is 1.35. The van der Waals surface area contributed by atoms with Crippen molar-refractivity contribution < 1.29 is 9.63 Å². The molecule has 0 radical (unpaired) electrons. The highest BCUT2D eigenvalue weighted by molar-refractivity contribution is 5.88. The number of amides is 2. The second-order valence-electron chi connectivity index (χ2n) is 4.82. The van der Waals surface area contributed by atoms with Crippen LogP contribution in [-0.2, 0) is 10.3 Å². The van der Waals surface area contributed by atoms with Crippen LogP contribution < -0.4 is 10.8 Å². The Hall–Kier alpha value is -1.55. The number of urea groups is 1. The van der Waals surface area contributed by atoms with Gasteiger partial charge < -0.3 is 5.32 Å². The van der Waals surface area contributed by atoms with E-state index in [1.807, 2.05) is 24.3 Å². The summed E-state index contributed by atoms with van der Waals surface area (Å²) in [6.07, 6.45) is 0. The van der Waals surface area contributed by atoms with E-state index in [0.717, 1.165) is 5.69 Å². The van der Waals surface area contributed by atoms with Gasteiger partial charge in [-0.05, 0) is 30.0 Å². The quantitative estimate of drug-likeness (QED) is 0.792. The van der Waals surface area contributed by atoms with Crippen molar-refractivity contribution in [3.05, 3.63) is 29.8 Å². The zero-order chi connectivity index (χ0) is 12.9. The summed E-state index contributed by atoms with van der Waals surface area (Å²) in [5, 5.41) is 2.68. The van der Waals surface area contributed by atoms with Crippen molar-refractivity contribution in [2.24, 2.45) is 0 Å². The van der Waals surface area contributed by atoms with Crippen LogP contribution in [0.4, 0.5) is 10.5 Å². The number of carbonyl (C=O) groups is 1. The van der Waals surface area contributed by atoms with Gasteiger partial charge in [-0.2, -0.15) is 0 Å². The zero-order valence-electron chi connectivity index (χ0n) is 10.8. The number of hydroxylamine groups is 1. The minimum Gasteiger partial charge on any atom is -0.306 e. The van der Waals surface area contributed by atoms with Gasteiger partial charge in [0.15, 0.2) is 0 Å². The van der Waals surface area contributed by atoms with Crippen LogP contribution in [0.1, 0.15) is 33.3 Å². The summed E-state index contributed by atoms with van der Waals surface area (Å²) in [4.78, 5) is 16.1. The van der Waals surface area contributed by atoms with Crippen molar-refractivity contribution in [3.63, 3.8) is 0 Å². The van der Waals surface area contributed by atoms with Crippen LogP contribution >= 0.6 is 0 Å². The lowest BCUT2D eigenvalue weighted by molar-refractivity contribution is 0.0758. The lowest BCUT2D eigenvalue weighted by atomic mass is 9.87. The van der Waals surface area contributed by atoms with Gasteiger partial charge in [-0.15, -0.1) is 0 Å². The highest BCUT2D eigenvalue weighted by Gasteiger charge is 2.13. The van der Waals surface area contributed by atoms with Crippen molar-refractivity contribution >= 4 is 11.7 Å². The van der Waals surface area contributed by atoms with Crippen molar-refractivity contribution in [2.75, 3.05) is 11.9 Å². The van der Waals surface area contributed by atoms with E-state index in [4.69, 9.17) is 4.84 Å². The second-order valence-corrected chi connectivity index (χ2v) is 4.82. The van der Waals surface area contributed by atoms with Gasteiger partial charge in [0, 0.05) is 5.69 Å². The zero-order valence-corrected chi connectivity index (χ0v) is 10.8. The highest BCUT2D eigenvalue weighted by atomic mass is 16.7. The van der Waals surface area contributed by atoms with Crippen LogP contribution in [0, 0.1) is 0 Å². The van der Waals surface area contributed by atoms with Crippen molar-refractivity contribution in [2.45, 2.75) is 33.1 Å². The molecule has 0 fully saturated rings. The third-order valence-electron chi connectivity index (χ3n) is 2.32. The molecule has 1 rings (SSSR count). The molecule has 0 spiro atoms. The summed E-state index contributed by atoms with van der Waals surface area (Å²) in [6.45, 7) is 8.69. The predicted octanol–water partition coefficient (Wildman–Crippen LogP) is 3.06. The molecule has 0 unspecified atom stereocenters. The maximum Gasteiger partial charge on any atom is 0.343 e. The Morgan fingerprint density at radius 1 is 1.24 bits per heavy atom. The van der Waals surface area contributed by atoms with Crippen LogP contribution in [-0.4, -0.2) is 12.6 Å². The van der Waals surface area contributed by atoms with Crippen LogP contribution in [0.15, 0.2) is 24.3 Å². The molecule has 0 atom stereocenters. The molecule has 17 heavy (non-hydrogen) atoms. The Labute approximate surface area is 102 Å². The summed E-state index contributed by atoms with van der Waals surface area (Å²) in [5.41, 5.74) is 4.37. The molecule has 0 aliphatic rings. The average Bonchev–Trinajstić information content (AvgIpc) is 2.26. The lowest BCUT2D eigenvalue weighted by Crippen LogP contribution is -2.28. The highest BCUT2D eigenvalue weighted by Crippen LogP contribution is 2.23. The van der Waals surface area contributed by atoms with Crippen molar-refractivity contribution in [3.8, 4) is 0 Å². The first-order valence-corrected chi connectivity index (χ1v) is 5.73. The Balaban J connectivity index is 2.60. The van der Waals surface area contributed by atoms with Gasteiger partial charge in [0.1, 0.15) is 0 Å². The molecular formula is C13H20N2O2. The summed E-state index contributed by atoms with van der Waals surface area (Å²) < 4.78 is 0. The SMILES string of the molecule is CCONC(=O)Nc1ccc(C(C)(C)C)cc1. The summed E-state index contributed by atoms with van der Waals surface area (Å²) >= 11 is 0. The smallest absolute Gasteiger partial charge is 0.306 e. The van der Waals surface area contributed by atoms with Crippen LogP contribution in [0.3, 0.4) is 0 Å². The topological polar surface area (TPSA) is 50.4 Å². The van der Waals surface area contributed by atoms with Crippen molar-refractivity contribution in [1.82, 2.24) is 5.48 Å².